The first-order valence-corrected chi connectivity index (χ1v) is 11.3. The van der Waals surface area contributed by atoms with Gasteiger partial charge in [0.05, 0.1) is 24.8 Å². The van der Waals surface area contributed by atoms with Crippen molar-refractivity contribution in [2.45, 2.75) is 26.4 Å². The minimum absolute atomic E-state index is 0.0812. The number of likely N-dealkylation sites (tertiary alicyclic amines) is 1. The van der Waals surface area contributed by atoms with Crippen molar-refractivity contribution in [2.24, 2.45) is 0 Å². The van der Waals surface area contributed by atoms with Crippen LogP contribution in [0.3, 0.4) is 0 Å². The van der Waals surface area contributed by atoms with Crippen molar-refractivity contribution in [3.05, 3.63) is 95.1 Å². The number of carbonyl (C=O) groups excluding carboxylic acids is 2. The zero-order chi connectivity index (χ0) is 24.9. The number of ether oxygens (including phenoxy) is 2. The molecule has 2 heterocycles. The maximum atomic E-state index is 13.5. The Morgan fingerprint density at radius 2 is 1.63 bits per heavy atom. The SMILES string of the molecule is CCOc1ccc(C2C(=C(O)c3ccc(F)cc3)C(=O)C(=O)N2Cc2ccncc2)cc1OCC. The number of hydrogen-bond donors (Lipinski definition) is 1. The van der Waals surface area contributed by atoms with E-state index in [0.717, 1.165) is 5.56 Å². The summed E-state index contributed by atoms with van der Waals surface area (Å²) in [7, 11) is 0. The number of aromatic nitrogens is 1. The Bertz CT molecular complexity index is 1260. The molecule has 4 rings (SSSR count). The quantitative estimate of drug-likeness (QED) is 0.290. The molecule has 0 aliphatic carbocycles. The molecule has 0 saturated carbocycles. The van der Waals surface area contributed by atoms with Crippen LogP contribution in [0.25, 0.3) is 5.76 Å². The highest BCUT2D eigenvalue weighted by Crippen LogP contribution is 2.42. The van der Waals surface area contributed by atoms with Gasteiger partial charge in [-0.05, 0) is 73.5 Å². The number of rotatable bonds is 8. The van der Waals surface area contributed by atoms with Crippen LogP contribution in [0.5, 0.6) is 11.5 Å². The van der Waals surface area contributed by atoms with E-state index in [1.54, 1.807) is 42.7 Å². The average molecular weight is 477 g/mol. The summed E-state index contributed by atoms with van der Waals surface area (Å²) in [6.07, 6.45) is 3.20. The predicted molar refractivity (Wildman–Crippen MR) is 127 cm³/mol. The van der Waals surface area contributed by atoms with Crippen molar-refractivity contribution in [2.75, 3.05) is 13.2 Å². The van der Waals surface area contributed by atoms with Crippen molar-refractivity contribution in [3.63, 3.8) is 0 Å². The van der Waals surface area contributed by atoms with E-state index in [0.29, 0.717) is 30.3 Å². The zero-order valence-electron chi connectivity index (χ0n) is 19.4. The van der Waals surface area contributed by atoms with Gasteiger partial charge >= 0.3 is 0 Å². The van der Waals surface area contributed by atoms with E-state index in [2.05, 4.69) is 4.98 Å². The van der Waals surface area contributed by atoms with E-state index in [9.17, 15) is 19.1 Å². The van der Waals surface area contributed by atoms with Gasteiger partial charge in [-0.1, -0.05) is 6.07 Å². The standard InChI is InChI=1S/C27H25FN2O5/c1-3-34-21-10-7-19(15-22(21)35-4-2)24-23(25(31)18-5-8-20(28)9-6-18)26(32)27(33)30(24)16-17-11-13-29-14-12-17/h5-15,24,31H,3-4,16H2,1-2H3. The van der Waals surface area contributed by atoms with Crippen molar-refractivity contribution >= 4 is 17.4 Å². The van der Waals surface area contributed by atoms with E-state index < -0.39 is 23.5 Å². The summed E-state index contributed by atoms with van der Waals surface area (Å²) in [5.74, 6) is -1.44. The highest BCUT2D eigenvalue weighted by Gasteiger charge is 2.46. The highest BCUT2D eigenvalue weighted by molar-refractivity contribution is 6.46. The van der Waals surface area contributed by atoms with Crippen LogP contribution in [-0.4, -0.2) is 39.9 Å². The molecule has 7 nitrogen and oxygen atoms in total. The van der Waals surface area contributed by atoms with Gasteiger partial charge in [-0.3, -0.25) is 14.6 Å². The van der Waals surface area contributed by atoms with E-state index in [-0.39, 0.29) is 23.4 Å². The highest BCUT2D eigenvalue weighted by atomic mass is 19.1. The lowest BCUT2D eigenvalue weighted by Gasteiger charge is -2.26. The van der Waals surface area contributed by atoms with Crippen LogP contribution in [0.2, 0.25) is 0 Å². The average Bonchev–Trinajstić information content (AvgIpc) is 3.11. The van der Waals surface area contributed by atoms with Gasteiger partial charge in [-0.15, -0.1) is 0 Å². The molecule has 1 amide bonds. The first kappa shape index (κ1) is 23.9. The van der Waals surface area contributed by atoms with E-state index in [1.165, 1.54) is 29.2 Å². The van der Waals surface area contributed by atoms with Crippen LogP contribution in [0.1, 0.15) is 36.6 Å². The van der Waals surface area contributed by atoms with Crippen LogP contribution in [0, 0.1) is 5.82 Å². The number of hydrogen-bond acceptors (Lipinski definition) is 6. The van der Waals surface area contributed by atoms with E-state index >= 15 is 0 Å². The zero-order valence-corrected chi connectivity index (χ0v) is 19.4. The molecule has 1 unspecified atom stereocenters. The normalized spacial score (nSPS) is 17.0. The summed E-state index contributed by atoms with van der Waals surface area (Å²) < 4.78 is 24.9. The van der Waals surface area contributed by atoms with Crippen molar-refractivity contribution in [3.8, 4) is 11.5 Å². The smallest absolute Gasteiger partial charge is 0.295 e. The molecule has 3 aromatic rings. The Hall–Kier alpha value is -4.20. The van der Waals surface area contributed by atoms with Crippen molar-refractivity contribution in [1.82, 2.24) is 9.88 Å². The Kier molecular flexibility index (Phi) is 7.10. The molecule has 0 bridgehead atoms. The number of aliphatic hydroxyl groups is 1. The first-order chi connectivity index (χ1) is 16.9. The number of aliphatic hydroxyl groups excluding tert-OH is 1. The van der Waals surface area contributed by atoms with Gasteiger partial charge in [0, 0.05) is 24.5 Å². The second-order valence-corrected chi connectivity index (χ2v) is 7.86. The van der Waals surface area contributed by atoms with Gasteiger partial charge in [-0.2, -0.15) is 0 Å². The van der Waals surface area contributed by atoms with Gasteiger partial charge in [0.2, 0.25) is 0 Å². The molecule has 35 heavy (non-hydrogen) atoms. The molecule has 1 atom stereocenters. The van der Waals surface area contributed by atoms with E-state index in [1.807, 2.05) is 13.8 Å². The molecular weight excluding hydrogens is 451 g/mol. The lowest BCUT2D eigenvalue weighted by atomic mass is 9.94. The van der Waals surface area contributed by atoms with Gasteiger partial charge < -0.3 is 19.5 Å². The number of benzene rings is 2. The fourth-order valence-corrected chi connectivity index (χ4v) is 4.08. The van der Waals surface area contributed by atoms with Crippen molar-refractivity contribution in [1.29, 1.82) is 0 Å². The third-order valence-electron chi connectivity index (χ3n) is 5.64. The molecule has 180 valence electrons. The molecule has 8 heteroatoms. The first-order valence-electron chi connectivity index (χ1n) is 11.3. The molecule has 2 aromatic carbocycles. The minimum atomic E-state index is -0.900. The van der Waals surface area contributed by atoms with Gasteiger partial charge in [-0.25, -0.2) is 4.39 Å². The number of nitrogens with zero attached hydrogens (tertiary/aromatic N) is 2. The lowest BCUT2D eigenvalue weighted by molar-refractivity contribution is -0.140. The Balaban J connectivity index is 1.88. The van der Waals surface area contributed by atoms with Crippen LogP contribution in [0.15, 0.2) is 72.6 Å². The topological polar surface area (TPSA) is 89.0 Å². The lowest BCUT2D eigenvalue weighted by Crippen LogP contribution is -2.29. The molecule has 1 saturated heterocycles. The van der Waals surface area contributed by atoms with Crippen LogP contribution in [0.4, 0.5) is 4.39 Å². The number of carbonyl (C=O) groups is 2. The third kappa shape index (κ3) is 4.87. The fourth-order valence-electron chi connectivity index (χ4n) is 4.08. The van der Waals surface area contributed by atoms with E-state index in [4.69, 9.17) is 9.47 Å². The second-order valence-electron chi connectivity index (χ2n) is 7.86. The monoisotopic (exact) mass is 476 g/mol. The molecule has 1 N–H and O–H groups in total. The number of halogens is 1. The molecular formula is C27H25FN2O5. The summed E-state index contributed by atoms with van der Waals surface area (Å²) in [5, 5.41) is 11.1. The summed E-state index contributed by atoms with van der Waals surface area (Å²) in [4.78, 5) is 31.8. The molecule has 1 aliphatic heterocycles. The van der Waals surface area contributed by atoms with Crippen molar-refractivity contribution < 1.29 is 28.6 Å². The van der Waals surface area contributed by atoms with Crippen LogP contribution >= 0.6 is 0 Å². The number of ketones is 1. The largest absolute Gasteiger partial charge is 0.507 e. The maximum absolute atomic E-state index is 13.5. The number of pyridine rings is 1. The molecule has 1 aromatic heterocycles. The Labute approximate surface area is 202 Å². The predicted octanol–water partition coefficient (Wildman–Crippen LogP) is 4.64. The van der Waals surface area contributed by atoms with Gasteiger partial charge in [0.1, 0.15) is 11.6 Å². The van der Waals surface area contributed by atoms with Crippen LogP contribution < -0.4 is 9.47 Å². The third-order valence-corrected chi connectivity index (χ3v) is 5.64. The Morgan fingerprint density at radius 1 is 0.971 bits per heavy atom. The van der Waals surface area contributed by atoms with Gasteiger partial charge in [0.25, 0.3) is 11.7 Å². The van der Waals surface area contributed by atoms with Gasteiger partial charge in [0.15, 0.2) is 11.5 Å². The molecule has 1 aliphatic rings. The second kappa shape index (κ2) is 10.4. The molecule has 1 fully saturated rings. The summed E-state index contributed by atoms with van der Waals surface area (Å²) >= 11 is 0. The number of amides is 1. The summed E-state index contributed by atoms with van der Waals surface area (Å²) in [5.41, 5.74) is 1.48. The minimum Gasteiger partial charge on any atom is -0.507 e. The molecule has 0 radical (unpaired) electrons. The maximum Gasteiger partial charge on any atom is 0.295 e. The summed E-state index contributed by atoms with van der Waals surface area (Å²) in [6, 6.07) is 12.9. The fraction of sp³-hybridized carbons (Fsp3) is 0.222. The van der Waals surface area contributed by atoms with Crippen LogP contribution in [-0.2, 0) is 16.1 Å². The number of Topliss-reactive ketones (excluding diaryl/α,β-unsaturated/α-hetero) is 1. The summed E-state index contributed by atoms with van der Waals surface area (Å²) in [6.45, 7) is 4.64. The molecule has 0 spiro atoms. The Morgan fingerprint density at radius 3 is 2.29 bits per heavy atom.